The lowest BCUT2D eigenvalue weighted by Gasteiger charge is -2.47. The highest BCUT2D eigenvalue weighted by atomic mass is 32.2. The number of rotatable bonds is 22. The molecule has 540 valence electrons. The van der Waals surface area contributed by atoms with Crippen LogP contribution in [-0.4, -0.2) is 256 Å². The Hall–Kier alpha value is -6.39. The van der Waals surface area contributed by atoms with Crippen LogP contribution in [-0.2, 0) is 66.9 Å². The molecule has 3 heterocycles. The van der Waals surface area contributed by atoms with Gasteiger partial charge in [0.25, 0.3) is 5.69 Å². The minimum absolute atomic E-state index is 0.288. The zero-order chi connectivity index (χ0) is 71.7. The summed E-state index contributed by atoms with van der Waals surface area (Å²) in [6.07, 6.45) is -29.4. The quantitative estimate of drug-likeness (QED) is 0.0332. The highest BCUT2D eigenvalue weighted by molar-refractivity contribution is 7.89. The molecule has 12 N–H and O–H groups in total. The van der Waals surface area contributed by atoms with Crippen molar-refractivity contribution in [2.45, 2.75) is 260 Å². The summed E-state index contributed by atoms with van der Waals surface area (Å²) in [7, 11) is -3.55. The van der Waals surface area contributed by atoms with Gasteiger partial charge in [-0.2, -0.15) is 4.31 Å². The smallest absolute Gasteiger partial charge is 0.408 e. The van der Waals surface area contributed by atoms with Gasteiger partial charge >= 0.3 is 30.5 Å². The van der Waals surface area contributed by atoms with Gasteiger partial charge in [0.15, 0.2) is 23.8 Å². The first kappa shape index (κ1) is 79.3. The first-order chi connectivity index (χ1) is 43.6. The van der Waals surface area contributed by atoms with Crippen molar-refractivity contribution >= 4 is 52.1 Å². The molecule has 4 aliphatic rings. The van der Waals surface area contributed by atoms with Gasteiger partial charge in [-0.3, -0.25) is 14.9 Å². The van der Waals surface area contributed by atoms with E-state index in [1.165, 1.54) is 65.8 Å². The van der Waals surface area contributed by atoms with E-state index < -0.39 is 233 Å². The van der Waals surface area contributed by atoms with Crippen molar-refractivity contribution in [1.82, 2.24) is 36.2 Å². The average Bonchev–Trinajstić information content (AvgIpc) is 1.76. The Bertz CT molecular complexity index is 2950. The number of hydrogen-bond acceptors (Lipinski definition) is 27. The number of nitrogens with one attached hydrogen (secondary N) is 6. The second-order valence-corrected chi connectivity index (χ2v) is 30.0. The summed E-state index contributed by atoms with van der Waals surface area (Å²) in [6.45, 7) is 21.2. The van der Waals surface area contributed by atoms with E-state index in [1.54, 1.807) is 62.3 Å². The van der Waals surface area contributed by atoms with Crippen LogP contribution in [0.2, 0.25) is 0 Å². The number of nitro groups is 1. The molecule has 5 rings (SSSR count). The summed E-state index contributed by atoms with van der Waals surface area (Å²) in [5.74, 6) is -1.13. The monoisotopic (exact) mass is 1380 g/mol. The molecule has 0 bridgehead atoms. The van der Waals surface area contributed by atoms with Crippen molar-refractivity contribution in [1.29, 1.82) is 0 Å². The number of likely N-dealkylation sites (N-methyl/N-ethyl adjacent to an activating group) is 1. The molecule has 0 aromatic heterocycles. The fourth-order valence-corrected chi connectivity index (χ4v) is 11.3. The maximum absolute atomic E-state index is 14.0. The number of alkyl carbamates (subject to hydrolysis) is 5. The molecule has 3 fully saturated rings. The SMILES string of the molecule is CN(C[C@@H]1C=C[C@@H](NC(=O)OC(C)(C)C)[C@@H](O[C@H]2[C@H](O[C@@H]3O[C@H](CO)[C@@H](O[C@H]4O[C@@H](CNC(=O)OC(C)(C)C)[C@@H](O)[C@H](O)[C@H]4NC(=O)OC(C)(C)C)[C@H]3O)[C@@H](O)[C@H](NC(=O)[C@@H](O)CCNC(=O)OC(C)(C)C)C[C@@H]2NC(=O)OC(C)(C)C)O1)S(=O)(=O)c1ccccc1[N+](=O)[O-]. The van der Waals surface area contributed by atoms with Crippen LogP contribution in [0.15, 0.2) is 41.3 Å². The van der Waals surface area contributed by atoms with Crippen molar-refractivity contribution in [2.24, 2.45) is 0 Å². The molecule has 18 atom stereocenters. The molecule has 35 nitrogen and oxygen atoms in total. The molecule has 36 heteroatoms. The first-order valence-corrected chi connectivity index (χ1v) is 32.1. The number of benzene rings is 1. The number of para-hydroxylation sites is 1. The van der Waals surface area contributed by atoms with E-state index >= 15 is 0 Å². The van der Waals surface area contributed by atoms with E-state index in [0.717, 1.165) is 23.5 Å². The number of amides is 6. The molecular weight excluding hydrogens is 1280 g/mol. The number of sulfonamides is 1. The summed E-state index contributed by atoms with van der Waals surface area (Å²) in [5, 5.41) is 97.1. The van der Waals surface area contributed by atoms with Crippen LogP contribution in [0, 0.1) is 10.1 Å². The van der Waals surface area contributed by atoms with Crippen LogP contribution in [0.5, 0.6) is 0 Å². The molecule has 0 unspecified atom stereocenters. The van der Waals surface area contributed by atoms with E-state index in [0.29, 0.717) is 0 Å². The van der Waals surface area contributed by atoms with Crippen molar-refractivity contribution in [3.05, 3.63) is 46.5 Å². The Labute approximate surface area is 551 Å². The van der Waals surface area contributed by atoms with Gasteiger partial charge in [0.05, 0.1) is 29.7 Å². The Morgan fingerprint density at radius 3 is 1.67 bits per heavy atom. The second kappa shape index (κ2) is 32.3. The van der Waals surface area contributed by atoms with Crippen LogP contribution >= 0.6 is 0 Å². The van der Waals surface area contributed by atoms with Gasteiger partial charge < -0.3 is 115 Å². The minimum Gasteiger partial charge on any atom is -0.444 e. The number of nitro benzene ring substituents is 1. The molecule has 1 aromatic rings. The van der Waals surface area contributed by atoms with Crippen LogP contribution in [0.3, 0.4) is 0 Å². The predicted molar refractivity (Wildman–Crippen MR) is 329 cm³/mol. The summed E-state index contributed by atoms with van der Waals surface area (Å²) >= 11 is 0. The van der Waals surface area contributed by atoms with Gasteiger partial charge in [0, 0.05) is 32.7 Å². The van der Waals surface area contributed by atoms with Crippen molar-refractivity contribution in [2.75, 3.05) is 33.3 Å². The van der Waals surface area contributed by atoms with Gasteiger partial charge in [0.2, 0.25) is 15.9 Å². The molecule has 1 saturated carbocycles. The first-order valence-electron chi connectivity index (χ1n) is 30.7. The zero-order valence-corrected chi connectivity index (χ0v) is 57.0. The Morgan fingerprint density at radius 2 is 1.12 bits per heavy atom. The lowest BCUT2D eigenvalue weighted by Crippen LogP contribution is -2.68. The normalized spacial score (nSPS) is 29.4. The van der Waals surface area contributed by atoms with Crippen LogP contribution < -0.4 is 31.9 Å². The average molecular weight is 1380 g/mol. The number of aliphatic hydroxyl groups excluding tert-OH is 6. The Kier molecular flexibility index (Phi) is 27.0. The third kappa shape index (κ3) is 24.0. The van der Waals surface area contributed by atoms with E-state index in [1.807, 2.05) is 0 Å². The lowest BCUT2D eigenvalue weighted by atomic mass is 9.83. The number of carbonyl (C=O) groups excluding carboxylic acids is 6. The number of hydrogen-bond donors (Lipinski definition) is 12. The van der Waals surface area contributed by atoms with E-state index in [-0.39, 0.29) is 6.54 Å². The maximum atomic E-state index is 14.0. The zero-order valence-electron chi connectivity index (χ0n) is 56.2. The summed E-state index contributed by atoms with van der Waals surface area (Å²) in [5.41, 5.74) is -5.97. The standard InChI is InChI=1S/C59H96N8O27S/c1-55(2,3)90-50(75)60-24-23-34(69)46(74)62-31-25-32(64-53(78)93-58(10,11)12)43(87-47-30(63-52(77)92-57(7,8)9)22-21-29(84-47)27-66(16)95(82,83)37-20-18-17-19-33(37)67(80)81)45(39(31)70)89-49-42(73)44(36(28-68)86-49)88-48-38(65-54(79)94-59(13,14)15)41(72)40(71)35(85-48)26-61-51(76)91-56(4,5)6/h17-22,29-32,34-36,38-45,47-49,68-73H,23-28H2,1-16H3,(H,60,75)(H,61,76)(H,62,74)(H,63,77)(H,64,78)(H,65,79)/t29-,30+,31+,32-,34-,35-,36+,38+,39-,40+,41+,42+,43+,44+,45+,47+,48+,49-/m0/s1. The van der Waals surface area contributed by atoms with Gasteiger partial charge in [-0.1, -0.05) is 24.3 Å². The van der Waals surface area contributed by atoms with Crippen molar-refractivity contribution < 1.29 is 125 Å². The molecule has 0 spiro atoms. The highest BCUT2D eigenvalue weighted by Crippen LogP contribution is 2.36. The second-order valence-electron chi connectivity index (χ2n) is 28.0. The van der Waals surface area contributed by atoms with Crippen LogP contribution in [0.1, 0.15) is 117 Å². The maximum Gasteiger partial charge on any atom is 0.408 e. The molecule has 1 aliphatic carbocycles. The minimum atomic E-state index is -4.66. The topological polar surface area (TPSA) is 478 Å². The van der Waals surface area contributed by atoms with Crippen LogP contribution in [0.4, 0.5) is 29.7 Å². The largest absolute Gasteiger partial charge is 0.444 e. The molecule has 0 radical (unpaired) electrons. The lowest BCUT2D eigenvalue weighted by molar-refractivity contribution is -0.387. The fraction of sp³-hybridized carbons (Fsp3) is 0.763. The van der Waals surface area contributed by atoms with Gasteiger partial charge in [-0.15, -0.1) is 0 Å². The number of ether oxygens (including phenoxy) is 11. The third-order valence-corrected chi connectivity index (χ3v) is 15.8. The van der Waals surface area contributed by atoms with Gasteiger partial charge in [-0.05, 0) is 123 Å². The Morgan fingerprint density at radius 1 is 0.611 bits per heavy atom. The van der Waals surface area contributed by atoms with Gasteiger partial charge in [-0.25, -0.2) is 32.4 Å². The summed E-state index contributed by atoms with van der Waals surface area (Å²) in [6, 6.07) is -1.72. The van der Waals surface area contributed by atoms with Gasteiger partial charge in [0.1, 0.15) is 101 Å². The number of nitrogens with zero attached hydrogens (tertiary/aromatic N) is 2. The molecule has 3 aliphatic heterocycles. The number of carbonyl (C=O) groups is 6. The Balaban J connectivity index is 1.61. The van der Waals surface area contributed by atoms with Crippen molar-refractivity contribution in [3.8, 4) is 0 Å². The predicted octanol–water partition coefficient (Wildman–Crippen LogP) is 0.907. The molecular formula is C59H96N8O27S. The fourth-order valence-electron chi connectivity index (χ4n) is 9.98. The molecule has 1 aromatic carbocycles. The summed E-state index contributed by atoms with van der Waals surface area (Å²) in [4.78, 5) is 90.5. The van der Waals surface area contributed by atoms with E-state index in [9.17, 15) is 77.9 Å². The number of aliphatic hydroxyl groups is 6. The molecule has 2 saturated heterocycles. The van der Waals surface area contributed by atoms with E-state index in [4.69, 9.17) is 52.1 Å². The van der Waals surface area contributed by atoms with Crippen molar-refractivity contribution in [3.63, 3.8) is 0 Å². The molecule has 6 amide bonds. The third-order valence-electron chi connectivity index (χ3n) is 14.0. The van der Waals surface area contributed by atoms with Crippen LogP contribution in [0.25, 0.3) is 0 Å². The van der Waals surface area contributed by atoms with E-state index in [2.05, 4.69) is 31.9 Å². The summed E-state index contributed by atoms with van der Waals surface area (Å²) < 4.78 is 94.0. The highest BCUT2D eigenvalue weighted by Gasteiger charge is 2.56. The molecule has 95 heavy (non-hydrogen) atoms.